The Kier molecular flexibility index (Phi) is 3.41. The summed E-state index contributed by atoms with van der Waals surface area (Å²) in [4.78, 5) is 10.7. The van der Waals surface area contributed by atoms with Crippen molar-refractivity contribution < 1.29 is 14.3 Å². The first-order chi connectivity index (χ1) is 6.66. The topological polar surface area (TPSA) is 75.3 Å². The highest BCUT2D eigenvalue weighted by molar-refractivity contribution is 5.94. The van der Waals surface area contributed by atoms with E-state index in [2.05, 4.69) is 5.32 Å². The normalized spacial score (nSPS) is 9.86. The summed E-state index contributed by atoms with van der Waals surface area (Å²) in [6.07, 6.45) is 0. The Morgan fingerprint density at radius 2 is 2.29 bits per heavy atom. The Bertz CT molecular complexity index is 342. The smallest absolute Gasteiger partial charge is 0.337 e. The largest absolute Gasteiger partial charge is 0.478 e. The van der Waals surface area contributed by atoms with Crippen LogP contribution in [0.1, 0.15) is 10.4 Å². The van der Waals surface area contributed by atoms with Gasteiger partial charge in [0.1, 0.15) is 5.82 Å². The number of anilines is 1. The third-order valence-corrected chi connectivity index (χ3v) is 1.69. The molecule has 0 aliphatic rings. The predicted molar refractivity (Wildman–Crippen MR) is 50.9 cm³/mol. The molecule has 0 aliphatic heterocycles. The van der Waals surface area contributed by atoms with Crippen LogP contribution in [0.4, 0.5) is 10.1 Å². The number of para-hydroxylation sites is 1. The minimum atomic E-state index is -1.16. The van der Waals surface area contributed by atoms with Gasteiger partial charge in [0.2, 0.25) is 0 Å². The van der Waals surface area contributed by atoms with E-state index in [0.29, 0.717) is 13.1 Å². The number of nitrogens with one attached hydrogen (secondary N) is 1. The van der Waals surface area contributed by atoms with Crippen LogP contribution in [-0.4, -0.2) is 24.2 Å². The fourth-order valence-corrected chi connectivity index (χ4v) is 1.08. The van der Waals surface area contributed by atoms with Crippen molar-refractivity contribution >= 4 is 11.7 Å². The molecule has 0 fully saturated rings. The fraction of sp³-hybridized carbons (Fsp3) is 0.222. The zero-order valence-electron chi connectivity index (χ0n) is 7.46. The quantitative estimate of drug-likeness (QED) is 0.671. The van der Waals surface area contributed by atoms with E-state index in [1.165, 1.54) is 18.2 Å². The summed E-state index contributed by atoms with van der Waals surface area (Å²) in [6.45, 7) is 0.647. The molecule has 0 atom stereocenters. The lowest BCUT2D eigenvalue weighted by Gasteiger charge is -2.08. The summed E-state index contributed by atoms with van der Waals surface area (Å²) in [5, 5.41) is 11.4. The minimum Gasteiger partial charge on any atom is -0.478 e. The molecule has 1 rings (SSSR count). The molecule has 0 aliphatic carbocycles. The van der Waals surface area contributed by atoms with Crippen LogP contribution in [0.25, 0.3) is 0 Å². The van der Waals surface area contributed by atoms with Crippen LogP contribution in [0, 0.1) is 5.82 Å². The van der Waals surface area contributed by atoms with Gasteiger partial charge in [0.25, 0.3) is 0 Å². The number of rotatable bonds is 4. The summed E-state index contributed by atoms with van der Waals surface area (Å²) in [5.74, 6) is -1.75. The summed E-state index contributed by atoms with van der Waals surface area (Å²) < 4.78 is 13.2. The Hall–Kier alpha value is -1.62. The number of hydrogen-bond acceptors (Lipinski definition) is 3. The maximum Gasteiger partial charge on any atom is 0.337 e. The lowest BCUT2D eigenvalue weighted by atomic mass is 10.1. The average molecular weight is 198 g/mol. The molecule has 1 aromatic carbocycles. The lowest BCUT2D eigenvalue weighted by molar-refractivity contribution is 0.0697. The van der Waals surface area contributed by atoms with E-state index >= 15 is 0 Å². The van der Waals surface area contributed by atoms with Crippen molar-refractivity contribution in [1.29, 1.82) is 0 Å². The van der Waals surface area contributed by atoms with Crippen LogP contribution in [0.2, 0.25) is 0 Å². The molecule has 0 unspecified atom stereocenters. The van der Waals surface area contributed by atoms with Gasteiger partial charge in [0, 0.05) is 13.1 Å². The summed E-state index contributed by atoms with van der Waals surface area (Å²) in [5.41, 5.74) is 5.13. The number of aromatic carboxylic acids is 1. The Balaban J connectivity index is 3.02. The van der Waals surface area contributed by atoms with Crippen molar-refractivity contribution in [1.82, 2.24) is 0 Å². The molecule has 1 aromatic rings. The van der Waals surface area contributed by atoms with Crippen LogP contribution < -0.4 is 11.1 Å². The van der Waals surface area contributed by atoms with Crippen LogP contribution in [0.3, 0.4) is 0 Å². The number of carbonyl (C=O) groups is 1. The van der Waals surface area contributed by atoms with Crippen molar-refractivity contribution in [3.63, 3.8) is 0 Å². The first kappa shape index (κ1) is 10.5. The molecule has 4 nitrogen and oxygen atoms in total. The molecule has 0 radical (unpaired) electrons. The van der Waals surface area contributed by atoms with Gasteiger partial charge in [-0.1, -0.05) is 6.07 Å². The SMILES string of the molecule is NCCNc1c(F)cccc1C(=O)O. The summed E-state index contributed by atoms with van der Waals surface area (Å²) in [6, 6.07) is 3.89. The molecular weight excluding hydrogens is 187 g/mol. The molecule has 76 valence electrons. The maximum absolute atomic E-state index is 13.2. The molecule has 14 heavy (non-hydrogen) atoms. The molecule has 0 heterocycles. The van der Waals surface area contributed by atoms with E-state index in [0.717, 1.165) is 0 Å². The van der Waals surface area contributed by atoms with Crippen LogP contribution in [0.5, 0.6) is 0 Å². The van der Waals surface area contributed by atoms with Crippen molar-refractivity contribution in [3.8, 4) is 0 Å². The molecule has 0 aromatic heterocycles. The van der Waals surface area contributed by atoms with E-state index in [1.54, 1.807) is 0 Å². The van der Waals surface area contributed by atoms with E-state index in [1.807, 2.05) is 0 Å². The fourth-order valence-electron chi connectivity index (χ4n) is 1.08. The molecule has 0 amide bonds. The Morgan fingerprint density at radius 3 is 2.86 bits per heavy atom. The standard InChI is InChI=1S/C9H11FN2O2/c10-7-3-1-2-6(9(13)14)8(7)12-5-4-11/h1-3,12H,4-5,11H2,(H,13,14). The number of hydrogen-bond donors (Lipinski definition) is 3. The molecule has 4 N–H and O–H groups in total. The van der Waals surface area contributed by atoms with Gasteiger partial charge in [-0.2, -0.15) is 0 Å². The first-order valence-corrected chi connectivity index (χ1v) is 4.12. The van der Waals surface area contributed by atoms with Crippen LogP contribution >= 0.6 is 0 Å². The molecule has 0 saturated heterocycles. The Labute approximate surface area is 80.5 Å². The second-order valence-electron chi connectivity index (χ2n) is 2.68. The van der Waals surface area contributed by atoms with Crippen LogP contribution in [-0.2, 0) is 0 Å². The zero-order chi connectivity index (χ0) is 10.6. The second kappa shape index (κ2) is 4.57. The van der Waals surface area contributed by atoms with Gasteiger partial charge in [0.05, 0.1) is 11.3 Å². The van der Waals surface area contributed by atoms with Crippen molar-refractivity contribution in [2.75, 3.05) is 18.4 Å². The van der Waals surface area contributed by atoms with Gasteiger partial charge in [-0.3, -0.25) is 0 Å². The molecule has 0 bridgehead atoms. The van der Waals surface area contributed by atoms with E-state index in [4.69, 9.17) is 10.8 Å². The van der Waals surface area contributed by atoms with Gasteiger partial charge >= 0.3 is 5.97 Å². The highest BCUT2D eigenvalue weighted by Gasteiger charge is 2.12. The number of benzene rings is 1. The average Bonchev–Trinajstić information content (AvgIpc) is 2.15. The number of halogens is 1. The minimum absolute atomic E-state index is 0.00884. The molecule has 0 spiro atoms. The highest BCUT2D eigenvalue weighted by Crippen LogP contribution is 2.19. The molecular formula is C9H11FN2O2. The van der Waals surface area contributed by atoms with Crippen LogP contribution in [0.15, 0.2) is 18.2 Å². The first-order valence-electron chi connectivity index (χ1n) is 4.12. The molecule has 5 heteroatoms. The van der Waals surface area contributed by atoms with Gasteiger partial charge in [-0.15, -0.1) is 0 Å². The lowest BCUT2D eigenvalue weighted by Crippen LogP contribution is -2.16. The third kappa shape index (κ3) is 2.20. The van der Waals surface area contributed by atoms with Crippen molar-refractivity contribution in [2.24, 2.45) is 5.73 Å². The van der Waals surface area contributed by atoms with Crippen molar-refractivity contribution in [3.05, 3.63) is 29.6 Å². The zero-order valence-corrected chi connectivity index (χ0v) is 7.46. The van der Waals surface area contributed by atoms with Gasteiger partial charge in [0.15, 0.2) is 0 Å². The number of carboxylic acids is 1. The van der Waals surface area contributed by atoms with E-state index in [-0.39, 0.29) is 11.3 Å². The Morgan fingerprint density at radius 1 is 1.57 bits per heavy atom. The van der Waals surface area contributed by atoms with Gasteiger partial charge < -0.3 is 16.2 Å². The monoisotopic (exact) mass is 198 g/mol. The number of carboxylic acid groups (broad SMARTS) is 1. The highest BCUT2D eigenvalue weighted by atomic mass is 19.1. The number of nitrogens with two attached hydrogens (primary N) is 1. The van der Waals surface area contributed by atoms with Crippen molar-refractivity contribution in [2.45, 2.75) is 0 Å². The van der Waals surface area contributed by atoms with Gasteiger partial charge in [-0.05, 0) is 12.1 Å². The second-order valence-corrected chi connectivity index (χ2v) is 2.68. The summed E-state index contributed by atoms with van der Waals surface area (Å²) in [7, 11) is 0. The van der Waals surface area contributed by atoms with E-state index < -0.39 is 11.8 Å². The third-order valence-electron chi connectivity index (χ3n) is 1.69. The van der Waals surface area contributed by atoms with Gasteiger partial charge in [-0.25, -0.2) is 9.18 Å². The van der Waals surface area contributed by atoms with E-state index in [9.17, 15) is 9.18 Å². The molecule has 0 saturated carbocycles. The maximum atomic E-state index is 13.2. The predicted octanol–water partition coefficient (Wildman–Crippen LogP) is 0.895. The summed E-state index contributed by atoms with van der Waals surface area (Å²) >= 11 is 0.